The maximum absolute atomic E-state index is 11.0. The van der Waals surface area contributed by atoms with Crippen molar-refractivity contribution in [3.05, 3.63) is 0 Å². The van der Waals surface area contributed by atoms with Gasteiger partial charge in [0.05, 0.1) is 5.75 Å². The van der Waals surface area contributed by atoms with E-state index in [-0.39, 0.29) is 52.2 Å². The summed E-state index contributed by atoms with van der Waals surface area (Å²) in [6, 6.07) is 0. The summed E-state index contributed by atoms with van der Waals surface area (Å²) < 4.78 is 4.49. The zero-order valence-electron chi connectivity index (χ0n) is 8.20. The molecule has 0 saturated carbocycles. The normalized spacial score (nSPS) is 12.2. The summed E-state index contributed by atoms with van der Waals surface area (Å²) >= 11 is 5.37. The van der Waals surface area contributed by atoms with E-state index in [1.807, 2.05) is 0 Å². The number of nitrogens with one attached hydrogen (secondary N) is 1. The molecular formula is C4H13NNaO5PS2. The Hall–Kier alpha value is 1.31. The van der Waals surface area contributed by atoms with Gasteiger partial charge in [0, 0.05) is 19.9 Å². The van der Waals surface area contributed by atoms with Crippen LogP contribution in [0.3, 0.4) is 0 Å². The fourth-order valence-electron chi connectivity index (χ4n) is 0.263. The van der Waals surface area contributed by atoms with Crippen LogP contribution in [0.25, 0.3) is 0 Å². The Morgan fingerprint density at radius 2 is 2.07 bits per heavy atom. The fourth-order valence-corrected chi connectivity index (χ4v) is 2.40. The zero-order valence-corrected chi connectivity index (χ0v) is 12.7. The van der Waals surface area contributed by atoms with Crippen LogP contribution in [0.1, 0.15) is 0 Å². The summed E-state index contributed by atoms with van der Waals surface area (Å²) in [4.78, 5) is 21.6. The summed E-state index contributed by atoms with van der Waals surface area (Å²) in [6.07, 6.45) is 0. The molecule has 1 unspecified atom stereocenters. The average Bonchev–Trinajstić information content (AvgIpc) is 2.00. The molecule has 82 valence electrons. The molecule has 1 atom stereocenters. The number of amides is 1. The number of carbonyl (C=O) groups is 1. The molecule has 0 saturated heterocycles. The van der Waals surface area contributed by atoms with E-state index >= 15 is 0 Å². The van der Waals surface area contributed by atoms with E-state index in [4.69, 9.17) is 0 Å². The van der Waals surface area contributed by atoms with Crippen LogP contribution in [0.2, 0.25) is 0 Å². The maximum atomic E-state index is 11.0. The van der Waals surface area contributed by atoms with Crippen molar-refractivity contribution < 1.29 is 54.7 Å². The van der Waals surface area contributed by atoms with Crippen LogP contribution in [-0.4, -0.2) is 36.8 Å². The molecule has 0 fully saturated rings. The monoisotopic (exact) mass is 273 g/mol. The van der Waals surface area contributed by atoms with Gasteiger partial charge in [-0.05, 0) is 0 Å². The molecule has 0 aliphatic rings. The van der Waals surface area contributed by atoms with Crippen LogP contribution in [0.5, 0.6) is 0 Å². The molecule has 5 N–H and O–H groups in total. The maximum Gasteiger partial charge on any atom is 1.00 e. The number of hydrogen-bond acceptors (Lipinski definition) is 5. The zero-order chi connectivity index (χ0) is 8.91. The number of carbonyl (C=O) groups excluding carboxylic acids is 1. The van der Waals surface area contributed by atoms with Crippen molar-refractivity contribution in [3.63, 3.8) is 0 Å². The van der Waals surface area contributed by atoms with Crippen LogP contribution in [0.15, 0.2) is 0 Å². The van der Waals surface area contributed by atoms with Gasteiger partial charge in [-0.1, -0.05) is 11.8 Å². The Morgan fingerprint density at radius 3 is 2.36 bits per heavy atom. The molecule has 0 aromatic rings. The Bertz CT molecular complexity index is 195. The summed E-state index contributed by atoms with van der Waals surface area (Å²) in [7, 11) is 2.77. The molecule has 0 aliphatic heterocycles. The summed E-state index contributed by atoms with van der Waals surface area (Å²) in [5.74, 6) is -0.136. The summed E-state index contributed by atoms with van der Waals surface area (Å²) in [6.45, 7) is 0. The Kier molecular flexibility index (Phi) is 21.7. The first kappa shape index (κ1) is 24.5. The molecule has 10 heteroatoms. The third-order valence-corrected chi connectivity index (χ3v) is 5.19. The van der Waals surface area contributed by atoms with E-state index in [1.165, 1.54) is 14.2 Å². The molecule has 0 bridgehead atoms. The van der Waals surface area contributed by atoms with E-state index in [0.717, 1.165) is 11.4 Å². The number of rotatable bonds is 4. The van der Waals surface area contributed by atoms with Crippen LogP contribution < -0.4 is 39.8 Å². The van der Waals surface area contributed by atoms with Crippen molar-refractivity contribution in [1.82, 2.24) is 5.32 Å². The van der Waals surface area contributed by atoms with E-state index in [9.17, 15) is 9.69 Å². The van der Waals surface area contributed by atoms with Crippen molar-refractivity contribution in [2.24, 2.45) is 0 Å². The SMILES string of the molecule is CNC(=O)CSP([O-])(=S)OC.O.O.[Na+]. The smallest absolute Gasteiger partial charge is 0.793 e. The number of hydrogen-bond donors (Lipinski definition) is 1. The first-order chi connectivity index (χ1) is 5.02. The molecule has 14 heavy (non-hydrogen) atoms. The Morgan fingerprint density at radius 1 is 1.64 bits per heavy atom. The third kappa shape index (κ3) is 13.3. The van der Waals surface area contributed by atoms with Crippen LogP contribution in [0, 0.1) is 0 Å². The van der Waals surface area contributed by atoms with Crippen molar-refractivity contribution in [1.29, 1.82) is 0 Å². The summed E-state index contributed by atoms with van der Waals surface area (Å²) in [5.41, 5.74) is -3.00. The van der Waals surface area contributed by atoms with Gasteiger partial charge in [-0.25, -0.2) is 0 Å². The van der Waals surface area contributed by atoms with Gasteiger partial charge < -0.3 is 25.7 Å². The van der Waals surface area contributed by atoms with E-state index < -0.39 is 5.69 Å². The van der Waals surface area contributed by atoms with Crippen molar-refractivity contribution in [3.8, 4) is 0 Å². The van der Waals surface area contributed by atoms with Gasteiger partial charge >= 0.3 is 29.6 Å². The standard InChI is InChI=1S/C4H10NO3PS2.Na.2H2O/c1-5-4(6)3-11-9(7,10)8-2;;;/h3H2,1-2H3,(H,5,6)(H,7,10);;2*1H2/q;+1;;/p-1. The molecule has 0 radical (unpaired) electrons. The molecular weight excluding hydrogens is 260 g/mol. The van der Waals surface area contributed by atoms with Gasteiger partial charge in [-0.2, -0.15) is 0 Å². The predicted molar refractivity (Wildman–Crippen MR) is 55.0 cm³/mol. The predicted octanol–water partition coefficient (Wildman–Crippen LogP) is -4.95. The average molecular weight is 273 g/mol. The van der Waals surface area contributed by atoms with Gasteiger partial charge in [0.2, 0.25) is 5.91 Å². The fraction of sp³-hybridized carbons (Fsp3) is 0.750. The van der Waals surface area contributed by atoms with Crippen molar-refractivity contribution in [2.75, 3.05) is 19.9 Å². The van der Waals surface area contributed by atoms with Crippen LogP contribution >= 0.6 is 17.1 Å². The van der Waals surface area contributed by atoms with E-state index in [0.29, 0.717) is 0 Å². The van der Waals surface area contributed by atoms with Crippen LogP contribution in [0.4, 0.5) is 0 Å². The minimum Gasteiger partial charge on any atom is -0.793 e. The molecule has 0 aliphatic carbocycles. The van der Waals surface area contributed by atoms with E-state index in [2.05, 4.69) is 21.6 Å². The molecule has 0 aromatic heterocycles. The molecule has 0 heterocycles. The van der Waals surface area contributed by atoms with Gasteiger partial charge in [0.15, 0.2) is 0 Å². The van der Waals surface area contributed by atoms with Gasteiger partial charge in [0.25, 0.3) is 0 Å². The molecule has 1 amide bonds. The van der Waals surface area contributed by atoms with Gasteiger partial charge in [-0.15, -0.1) is 11.4 Å². The van der Waals surface area contributed by atoms with Gasteiger partial charge in [-0.3, -0.25) is 4.79 Å². The molecule has 0 rings (SSSR count). The minimum atomic E-state index is -3.00. The van der Waals surface area contributed by atoms with Crippen LogP contribution in [-0.2, 0) is 21.1 Å². The Balaban J connectivity index is -0.000000167. The second kappa shape index (κ2) is 12.4. The Labute approximate surface area is 114 Å². The molecule has 0 spiro atoms. The topological polar surface area (TPSA) is 124 Å². The quantitative estimate of drug-likeness (QED) is 0.406. The van der Waals surface area contributed by atoms with E-state index in [1.54, 1.807) is 0 Å². The first-order valence-electron chi connectivity index (χ1n) is 2.73. The first-order valence-corrected chi connectivity index (χ1v) is 6.96. The second-order valence-electron chi connectivity index (χ2n) is 1.58. The molecule has 0 aromatic carbocycles. The van der Waals surface area contributed by atoms with Crippen molar-refractivity contribution >= 4 is 34.8 Å². The molecule has 6 nitrogen and oxygen atoms in total. The summed E-state index contributed by atoms with van der Waals surface area (Å²) in [5, 5.41) is 2.38. The minimum absolute atomic E-state index is 0. The third-order valence-electron chi connectivity index (χ3n) is 0.856. The second-order valence-corrected chi connectivity index (χ2v) is 7.74. The van der Waals surface area contributed by atoms with Gasteiger partial charge in [0.1, 0.15) is 0 Å². The van der Waals surface area contributed by atoms with Crippen molar-refractivity contribution in [2.45, 2.75) is 0 Å². The largest absolute Gasteiger partial charge is 1.00 e.